The largest absolute Gasteiger partial charge is 0.280 e. The molecule has 0 amide bonds. The van der Waals surface area contributed by atoms with Crippen LogP contribution in [0.3, 0.4) is 0 Å². The Labute approximate surface area is 136 Å². The summed E-state index contributed by atoms with van der Waals surface area (Å²) in [6.45, 7) is 1.87. The maximum atomic E-state index is 12.4. The SMILES string of the molecule is Cc1ccc(S(=O)(=O)Nc2ccc(Cl)c(C#N)c2)c(Br)c1. The van der Waals surface area contributed by atoms with Crippen LogP contribution in [0.1, 0.15) is 11.1 Å². The molecule has 0 bridgehead atoms. The average molecular weight is 386 g/mol. The molecular weight excluding hydrogens is 376 g/mol. The second-order valence-electron chi connectivity index (χ2n) is 4.35. The Bertz CT molecular complexity index is 845. The zero-order valence-electron chi connectivity index (χ0n) is 10.9. The fraction of sp³-hybridized carbons (Fsp3) is 0.0714. The Morgan fingerprint density at radius 1 is 1.24 bits per heavy atom. The summed E-state index contributed by atoms with van der Waals surface area (Å²) < 4.78 is 27.6. The number of hydrogen-bond acceptors (Lipinski definition) is 3. The highest BCUT2D eigenvalue weighted by Gasteiger charge is 2.18. The maximum Gasteiger partial charge on any atom is 0.263 e. The number of benzene rings is 2. The van der Waals surface area contributed by atoms with Gasteiger partial charge in [-0.2, -0.15) is 5.26 Å². The number of rotatable bonds is 3. The molecule has 1 N–H and O–H groups in total. The number of hydrogen-bond donors (Lipinski definition) is 1. The van der Waals surface area contributed by atoms with Gasteiger partial charge in [0.25, 0.3) is 10.0 Å². The number of aryl methyl sites for hydroxylation is 1. The monoisotopic (exact) mass is 384 g/mol. The van der Waals surface area contributed by atoms with Gasteiger partial charge in [0.2, 0.25) is 0 Å². The summed E-state index contributed by atoms with van der Waals surface area (Å²) in [5.74, 6) is 0. The molecule has 0 radical (unpaired) electrons. The van der Waals surface area contributed by atoms with Crippen molar-refractivity contribution in [3.63, 3.8) is 0 Å². The molecule has 0 aliphatic carbocycles. The van der Waals surface area contributed by atoms with Gasteiger partial charge in [0, 0.05) is 4.47 Å². The van der Waals surface area contributed by atoms with E-state index in [-0.39, 0.29) is 21.2 Å². The number of nitrogens with zero attached hydrogens (tertiary/aromatic N) is 1. The molecule has 0 unspecified atom stereocenters. The minimum Gasteiger partial charge on any atom is -0.280 e. The molecule has 2 aromatic rings. The molecule has 0 aliphatic heterocycles. The first-order chi connectivity index (χ1) is 9.83. The van der Waals surface area contributed by atoms with Gasteiger partial charge >= 0.3 is 0 Å². The second-order valence-corrected chi connectivity index (χ2v) is 7.26. The van der Waals surface area contributed by atoms with Gasteiger partial charge in [0.05, 0.1) is 16.3 Å². The molecule has 0 fully saturated rings. The molecule has 0 saturated heterocycles. The van der Waals surface area contributed by atoms with E-state index in [4.69, 9.17) is 16.9 Å². The van der Waals surface area contributed by atoms with Crippen LogP contribution in [0.25, 0.3) is 0 Å². The lowest BCUT2D eigenvalue weighted by molar-refractivity contribution is 0.600. The van der Waals surface area contributed by atoms with E-state index in [1.807, 2.05) is 13.0 Å². The molecule has 2 rings (SSSR count). The van der Waals surface area contributed by atoms with Crippen molar-refractivity contribution >= 4 is 43.2 Å². The third kappa shape index (κ3) is 3.56. The first-order valence-corrected chi connectivity index (χ1v) is 8.47. The van der Waals surface area contributed by atoms with Crippen LogP contribution in [0, 0.1) is 18.3 Å². The van der Waals surface area contributed by atoms with Crippen molar-refractivity contribution < 1.29 is 8.42 Å². The Hall–Kier alpha value is -1.55. The molecule has 0 spiro atoms. The van der Waals surface area contributed by atoms with Crippen molar-refractivity contribution in [2.75, 3.05) is 4.72 Å². The summed E-state index contributed by atoms with van der Waals surface area (Å²) in [6, 6.07) is 11.2. The predicted octanol–water partition coefficient (Wildman–Crippen LogP) is 4.08. The highest BCUT2D eigenvalue weighted by atomic mass is 79.9. The van der Waals surface area contributed by atoms with Gasteiger partial charge in [-0.05, 0) is 58.7 Å². The molecule has 108 valence electrons. The Morgan fingerprint density at radius 3 is 2.57 bits per heavy atom. The number of nitriles is 1. The summed E-state index contributed by atoms with van der Waals surface area (Å²) >= 11 is 9.06. The minimum absolute atomic E-state index is 0.126. The van der Waals surface area contributed by atoms with Crippen LogP contribution in [0.15, 0.2) is 45.8 Å². The number of sulfonamides is 1. The Kier molecular flexibility index (Phi) is 4.57. The first-order valence-electron chi connectivity index (χ1n) is 5.82. The van der Waals surface area contributed by atoms with E-state index in [9.17, 15) is 8.42 Å². The maximum absolute atomic E-state index is 12.4. The normalized spacial score (nSPS) is 11.0. The summed E-state index contributed by atoms with van der Waals surface area (Å²) in [4.78, 5) is 0.126. The minimum atomic E-state index is -3.75. The molecule has 0 heterocycles. The molecule has 0 atom stereocenters. The van der Waals surface area contributed by atoms with Crippen molar-refractivity contribution in [2.45, 2.75) is 11.8 Å². The molecule has 0 aliphatic rings. The van der Waals surface area contributed by atoms with Crippen LogP contribution in [0.2, 0.25) is 5.02 Å². The lowest BCUT2D eigenvalue weighted by Gasteiger charge is -2.10. The van der Waals surface area contributed by atoms with Crippen molar-refractivity contribution in [3.05, 3.63) is 57.0 Å². The highest BCUT2D eigenvalue weighted by Crippen LogP contribution is 2.26. The predicted molar refractivity (Wildman–Crippen MR) is 85.9 cm³/mol. The fourth-order valence-corrected chi connectivity index (χ4v) is 4.11. The van der Waals surface area contributed by atoms with Gasteiger partial charge in [-0.3, -0.25) is 4.72 Å². The molecular formula is C14H10BrClN2O2S. The van der Waals surface area contributed by atoms with Crippen molar-refractivity contribution in [3.8, 4) is 6.07 Å². The standard InChI is InChI=1S/C14H10BrClN2O2S/c1-9-2-5-14(12(15)6-9)21(19,20)18-11-3-4-13(16)10(7-11)8-17/h2-7,18H,1H3. The summed E-state index contributed by atoms with van der Waals surface area (Å²) in [7, 11) is -3.75. The number of anilines is 1. The average Bonchev–Trinajstić information content (AvgIpc) is 2.40. The molecule has 0 aromatic heterocycles. The fourth-order valence-electron chi connectivity index (χ4n) is 1.71. The third-order valence-electron chi connectivity index (χ3n) is 2.72. The van der Waals surface area contributed by atoms with E-state index < -0.39 is 10.0 Å². The number of halogens is 2. The van der Waals surface area contributed by atoms with Crippen LogP contribution in [-0.4, -0.2) is 8.42 Å². The lowest BCUT2D eigenvalue weighted by atomic mass is 10.2. The van der Waals surface area contributed by atoms with E-state index in [1.165, 1.54) is 24.3 Å². The Morgan fingerprint density at radius 2 is 1.95 bits per heavy atom. The van der Waals surface area contributed by atoms with Gasteiger partial charge in [-0.25, -0.2) is 8.42 Å². The highest BCUT2D eigenvalue weighted by molar-refractivity contribution is 9.10. The topological polar surface area (TPSA) is 70.0 Å². The zero-order valence-corrected chi connectivity index (χ0v) is 14.1. The lowest BCUT2D eigenvalue weighted by Crippen LogP contribution is -2.13. The van der Waals surface area contributed by atoms with E-state index in [1.54, 1.807) is 12.1 Å². The summed E-state index contributed by atoms with van der Waals surface area (Å²) in [6.07, 6.45) is 0. The van der Waals surface area contributed by atoms with Gasteiger partial charge in [0.15, 0.2) is 0 Å². The van der Waals surface area contributed by atoms with Crippen molar-refractivity contribution in [1.29, 1.82) is 5.26 Å². The first kappa shape index (κ1) is 15.8. The quantitative estimate of drug-likeness (QED) is 0.865. The van der Waals surface area contributed by atoms with Crippen LogP contribution in [0.5, 0.6) is 0 Å². The zero-order chi connectivity index (χ0) is 15.6. The molecule has 2 aromatic carbocycles. The molecule has 0 saturated carbocycles. The van der Waals surface area contributed by atoms with Crippen LogP contribution in [0.4, 0.5) is 5.69 Å². The smallest absolute Gasteiger partial charge is 0.263 e. The number of nitrogens with one attached hydrogen (secondary N) is 1. The van der Waals surface area contributed by atoms with Crippen LogP contribution in [-0.2, 0) is 10.0 Å². The summed E-state index contributed by atoms with van der Waals surface area (Å²) in [5, 5.41) is 9.19. The molecule has 21 heavy (non-hydrogen) atoms. The molecule has 7 heteroatoms. The van der Waals surface area contributed by atoms with Crippen LogP contribution >= 0.6 is 27.5 Å². The Balaban J connectivity index is 2.40. The van der Waals surface area contributed by atoms with E-state index in [0.717, 1.165) is 5.56 Å². The van der Waals surface area contributed by atoms with Gasteiger partial charge in [-0.15, -0.1) is 0 Å². The van der Waals surface area contributed by atoms with Gasteiger partial charge in [-0.1, -0.05) is 17.7 Å². The van der Waals surface area contributed by atoms with Crippen molar-refractivity contribution in [1.82, 2.24) is 0 Å². The van der Waals surface area contributed by atoms with E-state index in [0.29, 0.717) is 4.47 Å². The van der Waals surface area contributed by atoms with E-state index in [2.05, 4.69) is 20.7 Å². The third-order valence-corrected chi connectivity index (χ3v) is 5.40. The summed E-state index contributed by atoms with van der Waals surface area (Å²) in [5.41, 5.74) is 1.43. The van der Waals surface area contributed by atoms with Crippen LogP contribution < -0.4 is 4.72 Å². The van der Waals surface area contributed by atoms with Gasteiger partial charge in [0.1, 0.15) is 11.0 Å². The second kappa shape index (κ2) is 6.06. The van der Waals surface area contributed by atoms with E-state index >= 15 is 0 Å². The molecule has 4 nitrogen and oxygen atoms in total. The van der Waals surface area contributed by atoms with Gasteiger partial charge < -0.3 is 0 Å². The van der Waals surface area contributed by atoms with Crippen molar-refractivity contribution in [2.24, 2.45) is 0 Å².